The minimum atomic E-state index is -0.102. The van der Waals surface area contributed by atoms with E-state index in [4.69, 9.17) is 0 Å². The summed E-state index contributed by atoms with van der Waals surface area (Å²) in [5.41, 5.74) is 3.15. The van der Waals surface area contributed by atoms with Gasteiger partial charge < -0.3 is 10.2 Å². The molecule has 1 N–H and O–H groups in total. The summed E-state index contributed by atoms with van der Waals surface area (Å²) in [5.74, 6) is 0. The maximum Gasteiger partial charge on any atom is 0.321 e. The van der Waals surface area contributed by atoms with Crippen LogP contribution in [0.1, 0.15) is 11.1 Å². The lowest BCUT2D eigenvalue weighted by Gasteiger charge is -2.12. The first-order valence-corrected chi connectivity index (χ1v) is 4.55. The molecule has 0 unspecified atom stereocenters. The Bertz CT molecular complexity index is 325. The summed E-state index contributed by atoms with van der Waals surface area (Å²) >= 11 is 0. The Morgan fingerprint density at radius 1 is 1.14 bits per heavy atom. The first-order valence-electron chi connectivity index (χ1n) is 4.55. The molecular formula is C11H16N2O. The van der Waals surface area contributed by atoms with E-state index in [1.807, 2.05) is 26.0 Å². The van der Waals surface area contributed by atoms with E-state index in [-0.39, 0.29) is 6.03 Å². The van der Waals surface area contributed by atoms with E-state index in [2.05, 4.69) is 11.4 Å². The first-order chi connectivity index (χ1) is 6.49. The van der Waals surface area contributed by atoms with Crippen molar-refractivity contribution in [2.24, 2.45) is 0 Å². The lowest BCUT2D eigenvalue weighted by atomic mass is 10.1. The molecule has 1 aromatic rings. The summed E-state index contributed by atoms with van der Waals surface area (Å²) < 4.78 is 0. The van der Waals surface area contributed by atoms with Crippen molar-refractivity contribution in [3.8, 4) is 0 Å². The molecule has 14 heavy (non-hydrogen) atoms. The van der Waals surface area contributed by atoms with Gasteiger partial charge in [-0.05, 0) is 37.1 Å². The Kier molecular flexibility index (Phi) is 3.12. The highest BCUT2D eigenvalue weighted by molar-refractivity contribution is 5.89. The fourth-order valence-electron chi connectivity index (χ4n) is 1.28. The lowest BCUT2D eigenvalue weighted by molar-refractivity contribution is 0.230. The van der Waals surface area contributed by atoms with E-state index in [1.54, 1.807) is 14.1 Å². The molecule has 0 aliphatic rings. The number of rotatable bonds is 1. The van der Waals surface area contributed by atoms with Gasteiger partial charge in [0, 0.05) is 19.8 Å². The molecule has 3 nitrogen and oxygen atoms in total. The van der Waals surface area contributed by atoms with E-state index in [0.29, 0.717) is 0 Å². The second kappa shape index (κ2) is 4.13. The third-order valence-electron chi connectivity index (χ3n) is 1.88. The van der Waals surface area contributed by atoms with E-state index in [0.717, 1.165) is 16.8 Å². The first kappa shape index (κ1) is 10.6. The zero-order chi connectivity index (χ0) is 10.7. The van der Waals surface area contributed by atoms with Crippen molar-refractivity contribution in [1.29, 1.82) is 0 Å². The molecule has 0 fully saturated rings. The van der Waals surface area contributed by atoms with Crippen LogP contribution in [0.4, 0.5) is 10.5 Å². The van der Waals surface area contributed by atoms with Crippen LogP contribution in [0, 0.1) is 13.8 Å². The van der Waals surface area contributed by atoms with Crippen molar-refractivity contribution >= 4 is 11.7 Å². The van der Waals surface area contributed by atoms with Gasteiger partial charge in [-0.25, -0.2) is 4.79 Å². The number of amides is 2. The Morgan fingerprint density at radius 3 is 2.07 bits per heavy atom. The fourth-order valence-corrected chi connectivity index (χ4v) is 1.28. The number of nitrogens with zero attached hydrogens (tertiary/aromatic N) is 1. The molecule has 76 valence electrons. The molecule has 1 rings (SSSR count). The molecule has 0 radical (unpaired) electrons. The molecular weight excluding hydrogens is 176 g/mol. The van der Waals surface area contributed by atoms with Crippen LogP contribution in [0.25, 0.3) is 0 Å². The van der Waals surface area contributed by atoms with Gasteiger partial charge in [0.05, 0.1) is 0 Å². The molecule has 3 heteroatoms. The number of aryl methyl sites for hydroxylation is 2. The third kappa shape index (κ3) is 2.76. The van der Waals surface area contributed by atoms with Gasteiger partial charge >= 0.3 is 6.03 Å². The number of nitrogens with one attached hydrogen (secondary N) is 1. The third-order valence-corrected chi connectivity index (χ3v) is 1.88. The van der Waals surface area contributed by atoms with Crippen LogP contribution >= 0.6 is 0 Å². The van der Waals surface area contributed by atoms with Crippen molar-refractivity contribution in [1.82, 2.24) is 4.90 Å². The average Bonchev–Trinajstić information content (AvgIpc) is 2.01. The molecule has 0 saturated carbocycles. The number of hydrogen-bond acceptors (Lipinski definition) is 1. The maximum atomic E-state index is 11.3. The van der Waals surface area contributed by atoms with Gasteiger partial charge in [-0.15, -0.1) is 0 Å². The smallest absolute Gasteiger partial charge is 0.321 e. The monoisotopic (exact) mass is 192 g/mol. The van der Waals surface area contributed by atoms with Crippen LogP contribution in [0.3, 0.4) is 0 Å². The fraction of sp³-hybridized carbons (Fsp3) is 0.364. The Morgan fingerprint density at radius 2 is 1.64 bits per heavy atom. The highest BCUT2D eigenvalue weighted by Crippen LogP contribution is 2.13. The van der Waals surface area contributed by atoms with Gasteiger partial charge in [-0.1, -0.05) is 6.07 Å². The number of urea groups is 1. The van der Waals surface area contributed by atoms with Crippen LogP contribution in [0.2, 0.25) is 0 Å². The molecule has 0 aliphatic heterocycles. The molecule has 0 spiro atoms. The maximum absolute atomic E-state index is 11.3. The summed E-state index contributed by atoms with van der Waals surface area (Å²) in [4.78, 5) is 12.9. The quantitative estimate of drug-likeness (QED) is 0.728. The van der Waals surface area contributed by atoms with Gasteiger partial charge in [0.25, 0.3) is 0 Å². The molecule has 0 aromatic heterocycles. The molecule has 0 atom stereocenters. The largest absolute Gasteiger partial charge is 0.331 e. The Balaban J connectivity index is 2.82. The second-order valence-electron chi connectivity index (χ2n) is 3.70. The number of benzene rings is 1. The van der Waals surface area contributed by atoms with E-state index in [1.165, 1.54) is 4.90 Å². The van der Waals surface area contributed by atoms with E-state index >= 15 is 0 Å². The number of carbonyl (C=O) groups is 1. The standard InChI is InChI=1S/C11H16N2O/c1-8-5-9(2)7-10(6-8)12-11(14)13(3)4/h5-7H,1-4H3,(H,12,14). The highest BCUT2D eigenvalue weighted by atomic mass is 16.2. The van der Waals surface area contributed by atoms with Crippen molar-refractivity contribution < 1.29 is 4.79 Å². The van der Waals surface area contributed by atoms with Gasteiger partial charge in [0.15, 0.2) is 0 Å². The number of anilines is 1. The van der Waals surface area contributed by atoms with Crippen LogP contribution < -0.4 is 5.32 Å². The average molecular weight is 192 g/mol. The normalized spacial score (nSPS) is 9.71. The van der Waals surface area contributed by atoms with Gasteiger partial charge in [0.2, 0.25) is 0 Å². The predicted octanol–water partition coefficient (Wildman–Crippen LogP) is 2.40. The molecule has 0 saturated heterocycles. The Labute approximate surface area is 84.7 Å². The van der Waals surface area contributed by atoms with E-state index < -0.39 is 0 Å². The summed E-state index contributed by atoms with van der Waals surface area (Å²) in [7, 11) is 3.44. The minimum Gasteiger partial charge on any atom is -0.331 e. The minimum absolute atomic E-state index is 0.102. The van der Waals surface area contributed by atoms with Crippen molar-refractivity contribution in [3.05, 3.63) is 29.3 Å². The molecule has 0 bridgehead atoms. The highest BCUT2D eigenvalue weighted by Gasteiger charge is 2.03. The van der Waals surface area contributed by atoms with Gasteiger partial charge in [-0.2, -0.15) is 0 Å². The molecule has 0 aliphatic carbocycles. The summed E-state index contributed by atoms with van der Waals surface area (Å²) in [5, 5.41) is 2.81. The molecule has 0 heterocycles. The van der Waals surface area contributed by atoms with Crippen LogP contribution in [0.5, 0.6) is 0 Å². The summed E-state index contributed by atoms with van der Waals surface area (Å²) in [6.07, 6.45) is 0. The van der Waals surface area contributed by atoms with Crippen molar-refractivity contribution in [2.75, 3.05) is 19.4 Å². The van der Waals surface area contributed by atoms with Crippen LogP contribution in [-0.2, 0) is 0 Å². The van der Waals surface area contributed by atoms with Gasteiger partial charge in [-0.3, -0.25) is 0 Å². The lowest BCUT2D eigenvalue weighted by Crippen LogP contribution is -2.27. The van der Waals surface area contributed by atoms with E-state index in [9.17, 15) is 4.79 Å². The van der Waals surface area contributed by atoms with Gasteiger partial charge in [0.1, 0.15) is 0 Å². The van der Waals surface area contributed by atoms with Crippen LogP contribution in [0.15, 0.2) is 18.2 Å². The van der Waals surface area contributed by atoms with Crippen molar-refractivity contribution in [2.45, 2.75) is 13.8 Å². The predicted molar refractivity (Wildman–Crippen MR) is 58.6 cm³/mol. The summed E-state index contributed by atoms with van der Waals surface area (Å²) in [6, 6.07) is 5.88. The SMILES string of the molecule is Cc1cc(C)cc(NC(=O)N(C)C)c1. The van der Waals surface area contributed by atoms with Crippen LogP contribution in [-0.4, -0.2) is 25.0 Å². The zero-order valence-corrected chi connectivity index (χ0v) is 9.09. The zero-order valence-electron chi connectivity index (χ0n) is 9.09. The topological polar surface area (TPSA) is 32.3 Å². The van der Waals surface area contributed by atoms with Crippen molar-refractivity contribution in [3.63, 3.8) is 0 Å². The second-order valence-corrected chi connectivity index (χ2v) is 3.70. The number of hydrogen-bond donors (Lipinski definition) is 1. The summed E-state index contributed by atoms with van der Waals surface area (Å²) in [6.45, 7) is 4.02. The molecule has 1 aromatic carbocycles. The Hall–Kier alpha value is -1.51. The number of carbonyl (C=O) groups excluding carboxylic acids is 1. The molecule has 2 amide bonds.